The van der Waals surface area contributed by atoms with Gasteiger partial charge in [-0.05, 0) is 31.0 Å². The maximum Gasteiger partial charge on any atom is 0.230 e. The van der Waals surface area contributed by atoms with Gasteiger partial charge in [-0.25, -0.2) is 4.98 Å². The monoisotopic (exact) mass is 345 g/mol. The summed E-state index contributed by atoms with van der Waals surface area (Å²) >= 11 is 1.48. The Morgan fingerprint density at radius 3 is 2.83 bits per heavy atom. The third kappa shape index (κ3) is 3.83. The number of rotatable bonds is 4. The molecule has 1 N–H and O–H groups in total. The molecule has 1 amide bonds. The molecule has 6 heteroatoms. The van der Waals surface area contributed by atoms with Crippen molar-refractivity contribution >= 4 is 28.1 Å². The Kier molecular flexibility index (Phi) is 5.28. The standard InChI is InChI=1S/C18H23N3O2S/c1-13-8-9-20(11-17(13)23)10-15-12-24-18(19-15)21(14(2)22)16-6-4-3-5-7-16/h3-7,12-13,17,23H,8-11H2,1-2H3. The second kappa shape index (κ2) is 7.42. The lowest BCUT2D eigenvalue weighted by Gasteiger charge is -2.33. The average molecular weight is 345 g/mol. The molecule has 0 bridgehead atoms. The van der Waals surface area contributed by atoms with Crippen LogP contribution in [0.25, 0.3) is 0 Å². The van der Waals surface area contributed by atoms with Gasteiger partial charge in [0.05, 0.1) is 17.5 Å². The Hall–Kier alpha value is -1.76. The van der Waals surface area contributed by atoms with Crippen LogP contribution in [-0.2, 0) is 11.3 Å². The molecule has 0 saturated carbocycles. The normalized spacial score (nSPS) is 21.6. The number of carbonyl (C=O) groups is 1. The number of hydrogen-bond acceptors (Lipinski definition) is 5. The second-order valence-corrected chi connectivity index (χ2v) is 7.22. The number of aliphatic hydroxyl groups excluding tert-OH is 1. The molecule has 2 atom stereocenters. The van der Waals surface area contributed by atoms with Gasteiger partial charge in [0, 0.05) is 25.4 Å². The van der Waals surface area contributed by atoms with E-state index in [4.69, 9.17) is 0 Å². The molecule has 2 aromatic rings. The van der Waals surface area contributed by atoms with Crippen LogP contribution < -0.4 is 4.90 Å². The highest BCUT2D eigenvalue weighted by Gasteiger charge is 2.25. The zero-order valence-electron chi connectivity index (χ0n) is 14.1. The molecule has 1 aliphatic rings. The molecule has 128 valence electrons. The van der Waals surface area contributed by atoms with E-state index in [1.165, 1.54) is 11.3 Å². The highest BCUT2D eigenvalue weighted by atomic mass is 32.1. The van der Waals surface area contributed by atoms with Crippen molar-refractivity contribution in [1.29, 1.82) is 0 Å². The summed E-state index contributed by atoms with van der Waals surface area (Å²) in [5, 5.41) is 12.7. The summed E-state index contributed by atoms with van der Waals surface area (Å²) in [5.74, 6) is 0.308. The minimum Gasteiger partial charge on any atom is -0.392 e. The second-order valence-electron chi connectivity index (χ2n) is 6.38. The van der Waals surface area contributed by atoms with Crippen LogP contribution in [0, 0.1) is 5.92 Å². The fourth-order valence-corrected chi connectivity index (χ4v) is 3.84. The van der Waals surface area contributed by atoms with E-state index in [1.807, 2.05) is 35.7 Å². The predicted molar refractivity (Wildman–Crippen MR) is 96.4 cm³/mol. The Morgan fingerprint density at radius 1 is 1.42 bits per heavy atom. The highest BCUT2D eigenvalue weighted by Crippen LogP contribution is 2.29. The van der Waals surface area contributed by atoms with Gasteiger partial charge in [-0.15, -0.1) is 11.3 Å². The Labute approximate surface area is 146 Å². The van der Waals surface area contributed by atoms with E-state index in [1.54, 1.807) is 11.8 Å². The first-order valence-electron chi connectivity index (χ1n) is 8.25. The maximum absolute atomic E-state index is 12.1. The quantitative estimate of drug-likeness (QED) is 0.925. The summed E-state index contributed by atoms with van der Waals surface area (Å²) in [6.07, 6.45) is 0.733. The van der Waals surface area contributed by atoms with Gasteiger partial charge >= 0.3 is 0 Å². The lowest BCUT2D eigenvalue weighted by Crippen LogP contribution is -2.42. The Balaban J connectivity index is 1.73. The van der Waals surface area contributed by atoms with Crippen LogP contribution in [-0.4, -0.2) is 40.1 Å². The van der Waals surface area contributed by atoms with Crippen LogP contribution in [0.15, 0.2) is 35.7 Å². The van der Waals surface area contributed by atoms with E-state index in [-0.39, 0.29) is 12.0 Å². The van der Waals surface area contributed by atoms with Gasteiger partial charge in [-0.2, -0.15) is 0 Å². The topological polar surface area (TPSA) is 56.7 Å². The molecular weight excluding hydrogens is 322 g/mol. The summed E-state index contributed by atoms with van der Waals surface area (Å²) in [6, 6.07) is 9.57. The molecule has 0 aliphatic carbocycles. The van der Waals surface area contributed by atoms with Crippen molar-refractivity contribution in [2.75, 3.05) is 18.0 Å². The zero-order valence-corrected chi connectivity index (χ0v) is 14.9. The van der Waals surface area contributed by atoms with Crippen molar-refractivity contribution in [2.24, 2.45) is 5.92 Å². The minimum atomic E-state index is -0.269. The van der Waals surface area contributed by atoms with E-state index in [0.717, 1.165) is 24.3 Å². The minimum absolute atomic E-state index is 0.0516. The number of aliphatic hydroxyl groups is 1. The number of carbonyl (C=O) groups excluding carboxylic acids is 1. The average Bonchev–Trinajstić information content (AvgIpc) is 3.00. The van der Waals surface area contributed by atoms with Crippen LogP contribution in [0.1, 0.15) is 26.0 Å². The first kappa shape index (κ1) is 17.1. The number of nitrogens with zero attached hydrogens (tertiary/aromatic N) is 3. The molecule has 24 heavy (non-hydrogen) atoms. The molecular formula is C18H23N3O2S. The van der Waals surface area contributed by atoms with Crippen LogP contribution in [0.5, 0.6) is 0 Å². The smallest absolute Gasteiger partial charge is 0.230 e. The third-order valence-electron chi connectivity index (χ3n) is 4.45. The van der Waals surface area contributed by atoms with E-state index < -0.39 is 0 Å². The van der Waals surface area contributed by atoms with Crippen molar-refractivity contribution in [1.82, 2.24) is 9.88 Å². The van der Waals surface area contributed by atoms with Crippen molar-refractivity contribution in [3.8, 4) is 0 Å². The number of aromatic nitrogens is 1. The van der Waals surface area contributed by atoms with E-state index >= 15 is 0 Å². The first-order chi connectivity index (χ1) is 11.5. The highest BCUT2D eigenvalue weighted by molar-refractivity contribution is 7.14. The van der Waals surface area contributed by atoms with Crippen LogP contribution in [0.4, 0.5) is 10.8 Å². The first-order valence-corrected chi connectivity index (χ1v) is 9.13. The number of hydrogen-bond donors (Lipinski definition) is 1. The van der Waals surface area contributed by atoms with E-state index in [2.05, 4.69) is 16.8 Å². The number of benzene rings is 1. The van der Waals surface area contributed by atoms with Crippen LogP contribution in [0.3, 0.4) is 0 Å². The number of anilines is 2. The molecule has 1 aromatic heterocycles. The summed E-state index contributed by atoms with van der Waals surface area (Å²) in [4.78, 5) is 20.6. The van der Waals surface area contributed by atoms with E-state index in [0.29, 0.717) is 24.1 Å². The molecule has 1 aliphatic heterocycles. The van der Waals surface area contributed by atoms with Crippen molar-refractivity contribution in [2.45, 2.75) is 32.9 Å². The van der Waals surface area contributed by atoms with E-state index in [9.17, 15) is 9.90 Å². The van der Waals surface area contributed by atoms with Crippen molar-refractivity contribution in [3.63, 3.8) is 0 Å². The number of amides is 1. The Bertz CT molecular complexity index is 689. The lowest BCUT2D eigenvalue weighted by molar-refractivity contribution is -0.115. The molecule has 1 fully saturated rings. The van der Waals surface area contributed by atoms with Crippen molar-refractivity contribution < 1.29 is 9.90 Å². The zero-order chi connectivity index (χ0) is 17.1. The van der Waals surface area contributed by atoms with Gasteiger partial charge in [0.15, 0.2) is 5.13 Å². The molecule has 0 radical (unpaired) electrons. The summed E-state index contributed by atoms with van der Waals surface area (Å²) in [7, 11) is 0. The molecule has 0 spiro atoms. The number of likely N-dealkylation sites (tertiary alicyclic amines) is 1. The van der Waals surface area contributed by atoms with Gasteiger partial charge in [0.2, 0.25) is 5.91 Å². The van der Waals surface area contributed by atoms with Crippen molar-refractivity contribution in [3.05, 3.63) is 41.4 Å². The number of β-amino-alcohol motifs (C(OH)–C–C–N with tert-alkyl or cyclic N) is 1. The third-order valence-corrected chi connectivity index (χ3v) is 5.32. The molecule has 1 saturated heterocycles. The van der Waals surface area contributed by atoms with Gasteiger partial charge in [-0.3, -0.25) is 14.6 Å². The fraction of sp³-hybridized carbons (Fsp3) is 0.444. The summed E-state index contributed by atoms with van der Waals surface area (Å²) in [5.41, 5.74) is 1.77. The lowest BCUT2D eigenvalue weighted by atomic mass is 9.96. The van der Waals surface area contributed by atoms with Gasteiger partial charge in [-0.1, -0.05) is 25.1 Å². The van der Waals surface area contributed by atoms with Crippen LogP contribution in [0.2, 0.25) is 0 Å². The summed E-state index contributed by atoms with van der Waals surface area (Å²) < 4.78 is 0. The largest absolute Gasteiger partial charge is 0.392 e. The molecule has 3 rings (SSSR count). The molecule has 2 heterocycles. The van der Waals surface area contributed by atoms with Gasteiger partial charge in [0.1, 0.15) is 0 Å². The van der Waals surface area contributed by atoms with Gasteiger partial charge < -0.3 is 5.11 Å². The van der Waals surface area contributed by atoms with Crippen LogP contribution >= 0.6 is 11.3 Å². The molecule has 5 nitrogen and oxygen atoms in total. The maximum atomic E-state index is 12.1. The number of piperidine rings is 1. The molecule has 2 unspecified atom stereocenters. The number of para-hydroxylation sites is 1. The summed E-state index contributed by atoms with van der Waals surface area (Å²) in [6.45, 7) is 6.01. The molecule has 1 aromatic carbocycles. The van der Waals surface area contributed by atoms with Gasteiger partial charge in [0.25, 0.3) is 0 Å². The number of thiazole rings is 1. The predicted octanol–water partition coefficient (Wildman–Crippen LogP) is 3.03. The fourth-order valence-electron chi connectivity index (χ4n) is 2.96. The Morgan fingerprint density at radius 2 is 2.17 bits per heavy atom. The SMILES string of the molecule is CC(=O)N(c1ccccc1)c1nc(CN2CCC(C)C(O)C2)cs1.